The van der Waals surface area contributed by atoms with Gasteiger partial charge in [0, 0.05) is 106 Å². The number of H-pyrrole nitrogens is 1. The minimum absolute atomic E-state index is 0.218. The lowest BCUT2D eigenvalue weighted by Gasteiger charge is -2.16. The van der Waals surface area contributed by atoms with Crippen LogP contribution in [0.25, 0.3) is 99.8 Å². The highest BCUT2D eigenvalue weighted by Gasteiger charge is 2.25. The Kier molecular flexibility index (Phi) is 26.3. The van der Waals surface area contributed by atoms with Gasteiger partial charge in [-0.3, -0.25) is 4.98 Å². The number of aromatic amines is 1. The van der Waals surface area contributed by atoms with Gasteiger partial charge in [-0.2, -0.15) is 46.2 Å². The van der Waals surface area contributed by atoms with Gasteiger partial charge in [0.15, 0.2) is 17.5 Å². The van der Waals surface area contributed by atoms with Crippen molar-refractivity contribution in [3.05, 3.63) is 352 Å². The molecule has 0 atom stereocenters. The summed E-state index contributed by atoms with van der Waals surface area (Å²) < 4.78 is 79.1. The van der Waals surface area contributed by atoms with E-state index in [1.807, 2.05) is 210 Å². The second-order valence-electron chi connectivity index (χ2n) is 33.8. The standard InChI is InChI=1S/C28H20F3N5O.C28H21N7O2.C28H21N7O.C26H22N6O/c1-15-10-18(19-12-21(29)24(31)22(30)13-19)11-16(2)26(15)37-27-25-23(8-9-36(25)3)34-28(35-27)33-20-6-4-17(14-32)5-7-20;1-16-12-20(19-6-9-22-24(14-19)34-37-33-22)13-17(2)26(16)36-27-25-23(10-11-35(25)3)31-28(32-27)30-21-7-4-18(15-29)5-8-21;1-17-12-21(23-16-31-10-8-20(23)15-30)13-18(2)26(17)36-27-25-24(9-11-35(25)3)33-28(34-27)32-22-6-4-19(14-29)5-7-22;1-16-13-19(21-5-4-11-28-21)14-17(2)24(16)33-25-23-22(10-12-32(23)3)30-26(31-25)29-20-8-6-18(15-27)7-9-20/h4-13H,1-3H3,(H,33,34,35);4-14H,1-3H3,(H,30,31,32);4-13,16H,1-3H3,(H,32,33,34);4-14,28H,1-3H3,(H,29,30,31). The number of anilines is 8. The van der Waals surface area contributed by atoms with Crippen LogP contribution in [0, 0.1) is 129 Å². The molecule has 0 spiro atoms. The molecule has 10 aromatic carbocycles. The quantitative estimate of drug-likeness (QED) is 0.0442. The number of hydrogen-bond acceptors (Lipinski definition) is 25. The second kappa shape index (κ2) is 40.2. The van der Waals surface area contributed by atoms with Crippen molar-refractivity contribution in [2.75, 3.05) is 21.3 Å². The Morgan fingerprint density at radius 3 is 0.958 bits per heavy atom. The SMILES string of the molecule is Cc1cc(-c2cc(F)c(F)c(F)c2)cc(C)c1Oc1nc(Nc2ccc(C#N)cc2)nc2ccn(C)c12.Cc1cc(-c2ccc3nonc3c2)cc(C)c1Oc1nc(Nc2ccc(C#N)cc2)nc2ccn(C)c12.Cc1cc(-c2ccc[nH]2)cc(C)c1Oc1nc(Nc2ccc(C#N)cc2)nc2ccn(C)c12.Cc1cc(-c2cnccc2C#N)cc(C)c1Oc1nc(Nc2ccc(C#N)cc2)nc2ccn(C)c12. The third-order valence-electron chi connectivity index (χ3n) is 23.5. The van der Waals surface area contributed by atoms with E-state index in [1.165, 1.54) is 0 Å². The van der Waals surface area contributed by atoms with E-state index in [2.05, 4.69) is 131 Å². The third kappa shape index (κ3) is 20.2. The number of nitriles is 5. The van der Waals surface area contributed by atoms with Gasteiger partial charge in [-0.15, -0.1) is 0 Å². The number of aromatic nitrogens is 16. The van der Waals surface area contributed by atoms with Gasteiger partial charge >= 0.3 is 0 Å². The smallest absolute Gasteiger partial charge is 0.249 e. The number of pyridine rings is 1. The Balaban J connectivity index is 0.000000126. The Labute approximate surface area is 816 Å². The summed E-state index contributed by atoms with van der Waals surface area (Å²) in [6, 6.07) is 75.8. The zero-order valence-corrected chi connectivity index (χ0v) is 78.9. The molecule has 0 bridgehead atoms. The molecule has 0 radical (unpaired) electrons. The number of nitrogens with zero attached hydrogens (tertiary/aromatic N) is 20. The van der Waals surface area contributed by atoms with Gasteiger partial charge in [-0.05, 0) is 356 Å². The lowest BCUT2D eigenvalue weighted by molar-refractivity contribution is 0.315. The molecule has 0 aliphatic rings. The van der Waals surface area contributed by atoms with E-state index in [0.717, 1.165) is 146 Å². The molecule has 0 amide bonds. The fourth-order valence-electron chi connectivity index (χ4n) is 16.6. The van der Waals surface area contributed by atoms with Gasteiger partial charge in [-0.1, -0.05) is 6.07 Å². The number of rotatable bonds is 20. The zero-order chi connectivity index (χ0) is 100.0. The van der Waals surface area contributed by atoms with E-state index in [9.17, 15) is 18.4 Å². The van der Waals surface area contributed by atoms with Crippen molar-refractivity contribution < 1.29 is 36.7 Å². The number of benzene rings is 10. The first-order valence-corrected chi connectivity index (χ1v) is 44.6. The monoisotopic (exact) mass is 1890 g/mol. The molecule has 11 heterocycles. The molecule has 0 aliphatic heterocycles. The Morgan fingerprint density at radius 2 is 0.636 bits per heavy atom. The van der Waals surface area contributed by atoms with E-state index in [0.29, 0.717) is 126 Å². The van der Waals surface area contributed by atoms with Gasteiger partial charge in [-0.25, -0.2) is 37.7 Å². The number of hydrogen-bond donors (Lipinski definition) is 5. The normalized spacial score (nSPS) is 10.9. The molecule has 5 N–H and O–H groups in total. The molecule has 30 nitrogen and oxygen atoms in total. The summed E-state index contributed by atoms with van der Waals surface area (Å²) in [5.41, 5.74) is 27.1. The first-order chi connectivity index (χ1) is 69.2. The predicted octanol–water partition coefficient (Wildman–Crippen LogP) is 25.2. The highest BCUT2D eigenvalue weighted by molar-refractivity contribution is 5.88. The molecular formula is C110H84F3N25O5. The fraction of sp³-hybridized carbons (Fsp3) is 0.109. The average molecular weight is 1890 g/mol. The summed E-state index contributed by atoms with van der Waals surface area (Å²) in [6.07, 6.45) is 12.8. The van der Waals surface area contributed by atoms with Crippen molar-refractivity contribution in [2.45, 2.75) is 55.4 Å². The lowest BCUT2D eigenvalue weighted by atomic mass is 9.98. The largest absolute Gasteiger partial charge is 0.436 e. The van der Waals surface area contributed by atoms with Crippen molar-refractivity contribution in [2.24, 2.45) is 28.2 Å². The van der Waals surface area contributed by atoms with E-state index in [1.54, 1.807) is 117 Å². The molecular weight excluding hydrogens is 1810 g/mol. The van der Waals surface area contributed by atoms with Crippen LogP contribution in [-0.4, -0.2) is 78.4 Å². The summed E-state index contributed by atoms with van der Waals surface area (Å²) in [4.78, 5) is 44.6. The Bertz CT molecular complexity index is 8620. The summed E-state index contributed by atoms with van der Waals surface area (Å²) in [6.45, 7) is 15.6. The minimum Gasteiger partial charge on any atom is -0.436 e. The molecule has 143 heavy (non-hydrogen) atoms. The minimum atomic E-state index is -1.50. The predicted molar refractivity (Wildman–Crippen MR) is 540 cm³/mol. The highest BCUT2D eigenvalue weighted by Crippen LogP contribution is 2.43. The molecule has 33 heteroatoms. The second-order valence-corrected chi connectivity index (χ2v) is 33.8. The number of halogens is 3. The molecule has 0 unspecified atom stereocenters. The van der Waals surface area contributed by atoms with Gasteiger partial charge in [0.1, 0.15) is 56.1 Å². The number of fused-ring (bicyclic) bond motifs is 5. The van der Waals surface area contributed by atoms with Crippen molar-refractivity contribution in [1.82, 2.24) is 78.4 Å². The molecule has 700 valence electrons. The maximum Gasteiger partial charge on any atom is 0.249 e. The Morgan fingerprint density at radius 1 is 0.322 bits per heavy atom. The Hall–Kier alpha value is -19.9. The van der Waals surface area contributed by atoms with Crippen molar-refractivity contribution in [3.8, 4) is 122 Å². The van der Waals surface area contributed by atoms with Crippen LogP contribution in [0.1, 0.15) is 72.3 Å². The molecule has 21 rings (SSSR count). The van der Waals surface area contributed by atoms with Gasteiger partial charge in [0.05, 0.1) is 80.2 Å². The molecule has 0 saturated heterocycles. The maximum absolute atomic E-state index is 13.8. The average Bonchev–Trinajstić information content (AvgIpc) is 1.17. The maximum atomic E-state index is 13.8. The summed E-state index contributed by atoms with van der Waals surface area (Å²) in [5, 5.41) is 66.2. The third-order valence-corrected chi connectivity index (χ3v) is 23.5. The molecule has 21 aromatic rings. The van der Waals surface area contributed by atoms with Gasteiger partial charge in [0.25, 0.3) is 0 Å². The van der Waals surface area contributed by atoms with Crippen LogP contribution in [0.2, 0.25) is 0 Å². The molecule has 0 aliphatic carbocycles. The van der Waals surface area contributed by atoms with Crippen LogP contribution in [0.4, 0.5) is 59.7 Å². The summed E-state index contributed by atoms with van der Waals surface area (Å²) >= 11 is 0. The highest BCUT2D eigenvalue weighted by atomic mass is 19.2. The van der Waals surface area contributed by atoms with Crippen LogP contribution in [0.15, 0.2) is 266 Å². The summed E-state index contributed by atoms with van der Waals surface area (Å²) in [5.74, 6) is 1.89. The van der Waals surface area contributed by atoms with Crippen molar-refractivity contribution >= 4 is 102 Å². The fourth-order valence-corrected chi connectivity index (χ4v) is 16.6. The van der Waals surface area contributed by atoms with Crippen molar-refractivity contribution in [1.29, 1.82) is 26.3 Å². The molecule has 11 aromatic heterocycles. The molecule has 0 saturated carbocycles. The first-order valence-electron chi connectivity index (χ1n) is 44.6. The van der Waals surface area contributed by atoms with E-state index >= 15 is 0 Å². The van der Waals surface area contributed by atoms with E-state index < -0.39 is 17.5 Å². The number of nitrogens with one attached hydrogen (secondary N) is 5. The van der Waals surface area contributed by atoms with Gasteiger partial charge in [0.2, 0.25) is 47.3 Å². The van der Waals surface area contributed by atoms with E-state index in [-0.39, 0.29) is 5.56 Å². The number of ether oxygens (including phenoxy) is 4. The van der Waals surface area contributed by atoms with E-state index in [4.69, 9.17) is 49.6 Å². The number of aryl methyl sites for hydroxylation is 12. The lowest BCUT2D eigenvalue weighted by Crippen LogP contribution is -2.02. The molecule has 0 fully saturated rings. The van der Waals surface area contributed by atoms with Crippen LogP contribution in [0.3, 0.4) is 0 Å². The van der Waals surface area contributed by atoms with Crippen LogP contribution < -0.4 is 40.2 Å². The first kappa shape index (κ1) is 93.5. The van der Waals surface area contributed by atoms with Crippen LogP contribution in [0.5, 0.6) is 46.5 Å². The van der Waals surface area contributed by atoms with Gasteiger partial charge < -0.3 is 63.5 Å². The van der Waals surface area contributed by atoms with Crippen LogP contribution in [-0.2, 0) is 28.2 Å². The summed E-state index contributed by atoms with van der Waals surface area (Å²) in [7, 11) is 7.65. The topological polar surface area (TPSA) is 394 Å². The zero-order valence-electron chi connectivity index (χ0n) is 78.9. The van der Waals surface area contributed by atoms with Crippen molar-refractivity contribution in [3.63, 3.8) is 0 Å². The van der Waals surface area contributed by atoms with Crippen LogP contribution >= 0.6 is 0 Å².